The summed E-state index contributed by atoms with van der Waals surface area (Å²) in [5, 5.41) is 0. The standard InChI is InChI=1S/C25H22FN3O2/c26-19-10-12-20(13-11-19)29-17-18(16-24(29)30)25-27-22-8-4-5-9-23(22)28(25)14-15-31-21-6-2-1-3-7-21/h1-13,18H,14-17H2. The number of hydrogen-bond acceptors (Lipinski definition) is 3. The maximum Gasteiger partial charge on any atom is 0.227 e. The number of anilines is 1. The topological polar surface area (TPSA) is 47.4 Å². The third kappa shape index (κ3) is 3.89. The molecule has 0 bridgehead atoms. The number of hydrogen-bond donors (Lipinski definition) is 0. The maximum atomic E-state index is 13.3. The van der Waals surface area contributed by atoms with Crippen molar-refractivity contribution in [3.63, 3.8) is 0 Å². The number of aromatic nitrogens is 2. The van der Waals surface area contributed by atoms with Gasteiger partial charge < -0.3 is 14.2 Å². The van der Waals surface area contributed by atoms with Gasteiger partial charge in [0, 0.05) is 24.6 Å². The van der Waals surface area contributed by atoms with E-state index in [1.54, 1.807) is 17.0 Å². The molecule has 1 unspecified atom stereocenters. The van der Waals surface area contributed by atoms with Crippen LogP contribution in [0, 0.1) is 5.82 Å². The van der Waals surface area contributed by atoms with Gasteiger partial charge in [-0.15, -0.1) is 0 Å². The number of imidazole rings is 1. The second kappa shape index (κ2) is 8.22. The SMILES string of the molecule is O=C1CC(c2nc3ccccc3n2CCOc2ccccc2)CN1c1ccc(F)cc1. The normalized spacial score (nSPS) is 16.2. The van der Waals surface area contributed by atoms with Gasteiger partial charge in [0.2, 0.25) is 5.91 Å². The minimum absolute atomic E-state index is 0.0238. The van der Waals surface area contributed by atoms with Gasteiger partial charge >= 0.3 is 0 Å². The summed E-state index contributed by atoms with van der Waals surface area (Å²) in [5.41, 5.74) is 2.65. The van der Waals surface area contributed by atoms with Gasteiger partial charge in [0.25, 0.3) is 0 Å². The lowest BCUT2D eigenvalue weighted by molar-refractivity contribution is -0.117. The Morgan fingerprint density at radius 2 is 1.71 bits per heavy atom. The van der Waals surface area contributed by atoms with Gasteiger partial charge in [-0.25, -0.2) is 9.37 Å². The highest BCUT2D eigenvalue weighted by atomic mass is 19.1. The molecule has 156 valence electrons. The van der Waals surface area contributed by atoms with E-state index in [9.17, 15) is 9.18 Å². The molecular weight excluding hydrogens is 393 g/mol. The first-order chi connectivity index (χ1) is 15.2. The number of fused-ring (bicyclic) bond motifs is 1. The number of carbonyl (C=O) groups is 1. The van der Waals surface area contributed by atoms with Crippen molar-refractivity contribution < 1.29 is 13.9 Å². The van der Waals surface area contributed by atoms with E-state index < -0.39 is 0 Å². The molecule has 0 saturated carbocycles. The van der Waals surface area contributed by atoms with Gasteiger partial charge in [-0.3, -0.25) is 4.79 Å². The minimum Gasteiger partial charge on any atom is -0.492 e. The predicted molar refractivity (Wildman–Crippen MR) is 118 cm³/mol. The molecule has 1 aliphatic rings. The number of nitrogens with zero attached hydrogens (tertiary/aromatic N) is 3. The highest BCUT2D eigenvalue weighted by Gasteiger charge is 2.34. The summed E-state index contributed by atoms with van der Waals surface area (Å²) in [6.07, 6.45) is 0.375. The molecule has 1 amide bonds. The smallest absolute Gasteiger partial charge is 0.227 e. The van der Waals surface area contributed by atoms with Crippen LogP contribution in [0.5, 0.6) is 5.75 Å². The highest BCUT2D eigenvalue weighted by molar-refractivity contribution is 5.96. The lowest BCUT2D eigenvalue weighted by Gasteiger charge is -2.17. The summed E-state index contributed by atoms with van der Waals surface area (Å²) < 4.78 is 21.4. The average molecular weight is 415 g/mol. The van der Waals surface area contributed by atoms with Crippen LogP contribution < -0.4 is 9.64 Å². The van der Waals surface area contributed by atoms with Gasteiger partial charge in [0.05, 0.1) is 17.6 Å². The van der Waals surface area contributed by atoms with Crippen LogP contribution in [0.1, 0.15) is 18.2 Å². The second-order valence-corrected chi connectivity index (χ2v) is 7.65. The van der Waals surface area contributed by atoms with Gasteiger partial charge in [-0.1, -0.05) is 30.3 Å². The fraction of sp³-hybridized carbons (Fsp3) is 0.200. The first-order valence-corrected chi connectivity index (χ1v) is 10.4. The molecule has 5 rings (SSSR count). The second-order valence-electron chi connectivity index (χ2n) is 7.65. The van der Waals surface area contributed by atoms with Crippen molar-refractivity contribution in [3.8, 4) is 5.75 Å². The summed E-state index contributed by atoms with van der Waals surface area (Å²) in [7, 11) is 0. The maximum absolute atomic E-state index is 13.3. The van der Waals surface area contributed by atoms with Gasteiger partial charge in [-0.05, 0) is 48.5 Å². The number of ether oxygens (including phenoxy) is 1. The zero-order valence-electron chi connectivity index (χ0n) is 16.9. The fourth-order valence-corrected chi connectivity index (χ4v) is 4.16. The molecule has 0 aliphatic carbocycles. The Kier molecular flexibility index (Phi) is 5.12. The number of carbonyl (C=O) groups excluding carboxylic acids is 1. The molecule has 31 heavy (non-hydrogen) atoms. The Balaban J connectivity index is 1.40. The lowest BCUT2D eigenvalue weighted by atomic mass is 10.1. The Bertz CT molecular complexity index is 1200. The third-order valence-electron chi connectivity index (χ3n) is 5.64. The summed E-state index contributed by atoms with van der Waals surface area (Å²) in [6.45, 7) is 1.65. The zero-order chi connectivity index (χ0) is 21.2. The molecule has 2 heterocycles. The zero-order valence-corrected chi connectivity index (χ0v) is 16.9. The van der Waals surface area contributed by atoms with Crippen LogP contribution in [0.2, 0.25) is 0 Å². The van der Waals surface area contributed by atoms with E-state index in [0.717, 1.165) is 22.6 Å². The summed E-state index contributed by atoms with van der Waals surface area (Å²) in [6, 6.07) is 23.8. The Hall–Kier alpha value is -3.67. The molecule has 1 saturated heterocycles. The van der Waals surface area contributed by atoms with E-state index in [-0.39, 0.29) is 17.6 Å². The van der Waals surface area contributed by atoms with E-state index in [2.05, 4.69) is 4.57 Å². The van der Waals surface area contributed by atoms with Crippen LogP contribution in [0.25, 0.3) is 11.0 Å². The Morgan fingerprint density at radius 3 is 2.52 bits per heavy atom. The minimum atomic E-state index is -0.313. The number of rotatable bonds is 6. The lowest BCUT2D eigenvalue weighted by Crippen LogP contribution is -2.24. The van der Waals surface area contributed by atoms with Crippen molar-refractivity contribution >= 4 is 22.6 Å². The Labute approximate surface area is 179 Å². The molecule has 0 spiro atoms. The molecule has 3 aromatic carbocycles. The van der Waals surface area contributed by atoms with Gasteiger partial charge in [0.1, 0.15) is 24.0 Å². The molecule has 6 heteroatoms. The van der Waals surface area contributed by atoms with E-state index in [1.807, 2.05) is 54.6 Å². The molecule has 0 radical (unpaired) electrons. The molecule has 1 atom stereocenters. The number of halogens is 1. The molecule has 5 nitrogen and oxygen atoms in total. The predicted octanol–water partition coefficient (Wildman–Crippen LogP) is 4.77. The number of benzene rings is 3. The van der Waals surface area contributed by atoms with Crippen LogP contribution in [0.3, 0.4) is 0 Å². The van der Waals surface area contributed by atoms with Crippen molar-refractivity contribution in [2.24, 2.45) is 0 Å². The highest BCUT2D eigenvalue weighted by Crippen LogP contribution is 2.33. The molecule has 1 aromatic heterocycles. The average Bonchev–Trinajstić information content (AvgIpc) is 3.36. The molecule has 1 aliphatic heterocycles. The van der Waals surface area contributed by atoms with Crippen LogP contribution in [0.4, 0.5) is 10.1 Å². The quantitative estimate of drug-likeness (QED) is 0.456. The first-order valence-electron chi connectivity index (χ1n) is 10.4. The molecular formula is C25H22FN3O2. The van der Waals surface area contributed by atoms with E-state index in [0.29, 0.717) is 31.8 Å². The molecule has 0 N–H and O–H groups in total. The van der Waals surface area contributed by atoms with Crippen molar-refractivity contribution in [1.82, 2.24) is 9.55 Å². The summed E-state index contributed by atoms with van der Waals surface area (Å²) >= 11 is 0. The Morgan fingerprint density at radius 1 is 0.968 bits per heavy atom. The van der Waals surface area contributed by atoms with Gasteiger partial charge in [0.15, 0.2) is 0 Å². The number of amides is 1. The number of para-hydroxylation sites is 3. The monoisotopic (exact) mass is 415 g/mol. The first kappa shape index (κ1) is 19.3. The molecule has 1 fully saturated rings. The summed E-state index contributed by atoms with van der Waals surface area (Å²) in [4.78, 5) is 19.3. The van der Waals surface area contributed by atoms with Crippen LogP contribution in [-0.2, 0) is 11.3 Å². The molecule has 4 aromatic rings. The van der Waals surface area contributed by atoms with Crippen molar-refractivity contribution in [2.75, 3.05) is 18.1 Å². The van der Waals surface area contributed by atoms with Crippen molar-refractivity contribution in [3.05, 3.63) is 90.5 Å². The van der Waals surface area contributed by atoms with Crippen LogP contribution in [-0.4, -0.2) is 28.6 Å². The van der Waals surface area contributed by atoms with Crippen LogP contribution >= 0.6 is 0 Å². The van der Waals surface area contributed by atoms with E-state index >= 15 is 0 Å². The third-order valence-corrected chi connectivity index (χ3v) is 5.64. The largest absolute Gasteiger partial charge is 0.492 e. The van der Waals surface area contributed by atoms with Crippen molar-refractivity contribution in [2.45, 2.75) is 18.9 Å². The van der Waals surface area contributed by atoms with Gasteiger partial charge in [-0.2, -0.15) is 0 Å². The van der Waals surface area contributed by atoms with E-state index in [1.165, 1.54) is 12.1 Å². The van der Waals surface area contributed by atoms with Crippen molar-refractivity contribution in [1.29, 1.82) is 0 Å². The summed E-state index contributed by atoms with van der Waals surface area (Å²) in [5.74, 6) is 1.38. The fourth-order valence-electron chi connectivity index (χ4n) is 4.16. The van der Waals surface area contributed by atoms with Crippen LogP contribution in [0.15, 0.2) is 78.9 Å². The van der Waals surface area contributed by atoms with E-state index in [4.69, 9.17) is 9.72 Å².